The lowest BCUT2D eigenvalue weighted by atomic mass is 9.79. The Bertz CT molecular complexity index is 171. The molecule has 0 saturated carbocycles. The average Bonchev–Trinajstić information content (AvgIpc) is 2.51. The van der Waals surface area contributed by atoms with Gasteiger partial charge in [0.05, 0.1) is 6.61 Å². The maximum Gasteiger partial charge on any atom is 0.0535 e. The van der Waals surface area contributed by atoms with Crippen molar-refractivity contribution in [1.29, 1.82) is 0 Å². The number of hydrogen-bond donors (Lipinski definition) is 1. The van der Waals surface area contributed by atoms with Crippen LogP contribution in [0.4, 0.5) is 0 Å². The molecule has 1 aliphatic heterocycles. The van der Waals surface area contributed by atoms with Gasteiger partial charge in [0.25, 0.3) is 0 Å². The summed E-state index contributed by atoms with van der Waals surface area (Å²) in [5, 5.41) is 3.59. The van der Waals surface area contributed by atoms with Crippen LogP contribution in [0.3, 0.4) is 0 Å². The van der Waals surface area contributed by atoms with Gasteiger partial charge in [-0.2, -0.15) is 0 Å². The smallest absolute Gasteiger partial charge is 0.0535 e. The van der Waals surface area contributed by atoms with Crippen molar-refractivity contribution >= 4 is 0 Å². The van der Waals surface area contributed by atoms with Gasteiger partial charge in [-0.05, 0) is 31.2 Å². The Morgan fingerprint density at radius 2 is 1.93 bits per heavy atom. The molecule has 0 amide bonds. The van der Waals surface area contributed by atoms with E-state index < -0.39 is 0 Å². The first-order valence-electron chi connectivity index (χ1n) is 6.32. The highest BCUT2D eigenvalue weighted by atomic mass is 16.5. The van der Waals surface area contributed by atoms with Crippen molar-refractivity contribution in [3.05, 3.63) is 0 Å². The molecular formula is C13H27NO. The van der Waals surface area contributed by atoms with E-state index in [0.717, 1.165) is 38.1 Å². The van der Waals surface area contributed by atoms with Crippen molar-refractivity contribution in [1.82, 2.24) is 5.32 Å². The SMILES string of the molecule is CC(C)CNCC1(CC(C)C)CCOC1. The van der Waals surface area contributed by atoms with E-state index in [2.05, 4.69) is 33.0 Å². The van der Waals surface area contributed by atoms with E-state index >= 15 is 0 Å². The molecule has 0 aromatic rings. The second-order valence-electron chi connectivity index (χ2n) is 5.93. The van der Waals surface area contributed by atoms with Gasteiger partial charge in [-0.25, -0.2) is 0 Å². The molecule has 15 heavy (non-hydrogen) atoms. The highest BCUT2D eigenvalue weighted by Crippen LogP contribution is 2.34. The summed E-state index contributed by atoms with van der Waals surface area (Å²) in [7, 11) is 0. The topological polar surface area (TPSA) is 21.3 Å². The monoisotopic (exact) mass is 213 g/mol. The standard InChI is InChI=1S/C13H27NO/c1-11(2)7-13(5-6-15-10-13)9-14-8-12(3)4/h11-12,14H,5-10H2,1-4H3. The molecule has 1 rings (SSSR count). The first-order chi connectivity index (χ1) is 7.04. The molecule has 1 fully saturated rings. The molecule has 0 aromatic carbocycles. The van der Waals surface area contributed by atoms with E-state index in [4.69, 9.17) is 4.74 Å². The Morgan fingerprint density at radius 1 is 1.20 bits per heavy atom. The average molecular weight is 213 g/mol. The lowest BCUT2D eigenvalue weighted by molar-refractivity contribution is 0.134. The van der Waals surface area contributed by atoms with Gasteiger partial charge >= 0.3 is 0 Å². The molecular weight excluding hydrogens is 186 g/mol. The van der Waals surface area contributed by atoms with Gasteiger partial charge < -0.3 is 10.1 Å². The van der Waals surface area contributed by atoms with E-state index in [9.17, 15) is 0 Å². The number of nitrogens with one attached hydrogen (secondary N) is 1. The summed E-state index contributed by atoms with van der Waals surface area (Å²) in [6, 6.07) is 0. The van der Waals surface area contributed by atoms with Crippen LogP contribution < -0.4 is 5.32 Å². The van der Waals surface area contributed by atoms with Gasteiger partial charge in [0, 0.05) is 18.6 Å². The Hall–Kier alpha value is -0.0800. The third-order valence-electron chi connectivity index (χ3n) is 3.08. The molecule has 2 nitrogen and oxygen atoms in total. The Labute approximate surface area is 94.8 Å². The van der Waals surface area contributed by atoms with Crippen molar-refractivity contribution in [3.8, 4) is 0 Å². The van der Waals surface area contributed by atoms with Crippen LogP contribution in [0.1, 0.15) is 40.5 Å². The molecule has 0 radical (unpaired) electrons. The Kier molecular flexibility index (Phi) is 5.07. The van der Waals surface area contributed by atoms with Crippen LogP contribution in [0.2, 0.25) is 0 Å². The molecule has 1 aliphatic rings. The zero-order valence-electron chi connectivity index (χ0n) is 10.8. The maximum absolute atomic E-state index is 5.58. The predicted molar refractivity (Wildman–Crippen MR) is 65.0 cm³/mol. The number of hydrogen-bond acceptors (Lipinski definition) is 2. The van der Waals surface area contributed by atoms with Crippen molar-refractivity contribution in [2.75, 3.05) is 26.3 Å². The molecule has 0 spiro atoms. The highest BCUT2D eigenvalue weighted by molar-refractivity contribution is 4.86. The number of ether oxygens (including phenoxy) is 1. The molecule has 2 heteroatoms. The summed E-state index contributed by atoms with van der Waals surface area (Å²) in [5.41, 5.74) is 0.420. The van der Waals surface area contributed by atoms with Crippen LogP contribution >= 0.6 is 0 Å². The lowest BCUT2D eigenvalue weighted by Crippen LogP contribution is -2.37. The van der Waals surface area contributed by atoms with Crippen LogP contribution in [0.15, 0.2) is 0 Å². The van der Waals surface area contributed by atoms with E-state index in [1.165, 1.54) is 12.8 Å². The van der Waals surface area contributed by atoms with Gasteiger partial charge in [-0.15, -0.1) is 0 Å². The van der Waals surface area contributed by atoms with Gasteiger partial charge in [0.15, 0.2) is 0 Å². The van der Waals surface area contributed by atoms with Crippen molar-refractivity contribution in [2.24, 2.45) is 17.3 Å². The molecule has 0 aliphatic carbocycles. The van der Waals surface area contributed by atoms with E-state index in [1.807, 2.05) is 0 Å². The van der Waals surface area contributed by atoms with Crippen molar-refractivity contribution in [3.63, 3.8) is 0 Å². The number of rotatable bonds is 6. The molecule has 0 aromatic heterocycles. The van der Waals surface area contributed by atoms with Crippen LogP contribution in [0, 0.1) is 17.3 Å². The molecule has 1 heterocycles. The van der Waals surface area contributed by atoms with Crippen molar-refractivity contribution < 1.29 is 4.74 Å². The first-order valence-corrected chi connectivity index (χ1v) is 6.32. The summed E-state index contributed by atoms with van der Waals surface area (Å²) in [5.74, 6) is 1.51. The van der Waals surface area contributed by atoms with Crippen LogP contribution in [-0.4, -0.2) is 26.3 Å². The summed E-state index contributed by atoms with van der Waals surface area (Å²) < 4.78 is 5.58. The zero-order valence-corrected chi connectivity index (χ0v) is 10.8. The fourth-order valence-corrected chi connectivity index (χ4v) is 2.51. The third kappa shape index (κ3) is 4.52. The summed E-state index contributed by atoms with van der Waals surface area (Å²) >= 11 is 0. The van der Waals surface area contributed by atoms with Crippen molar-refractivity contribution in [2.45, 2.75) is 40.5 Å². The molecule has 1 saturated heterocycles. The Morgan fingerprint density at radius 3 is 2.40 bits per heavy atom. The fraction of sp³-hybridized carbons (Fsp3) is 1.00. The van der Waals surface area contributed by atoms with E-state index in [-0.39, 0.29) is 0 Å². The first kappa shape index (κ1) is 13.0. The predicted octanol–water partition coefficient (Wildman–Crippen LogP) is 2.68. The quantitative estimate of drug-likeness (QED) is 0.732. The van der Waals surface area contributed by atoms with E-state index in [0.29, 0.717) is 5.41 Å². The summed E-state index contributed by atoms with van der Waals surface area (Å²) in [6.45, 7) is 13.3. The van der Waals surface area contributed by atoms with Crippen LogP contribution in [-0.2, 0) is 4.74 Å². The largest absolute Gasteiger partial charge is 0.381 e. The minimum Gasteiger partial charge on any atom is -0.381 e. The van der Waals surface area contributed by atoms with Gasteiger partial charge in [0.2, 0.25) is 0 Å². The second kappa shape index (κ2) is 5.86. The molecule has 1 unspecified atom stereocenters. The minimum absolute atomic E-state index is 0.420. The fourth-order valence-electron chi connectivity index (χ4n) is 2.51. The maximum atomic E-state index is 5.58. The molecule has 90 valence electrons. The van der Waals surface area contributed by atoms with Gasteiger partial charge in [-0.3, -0.25) is 0 Å². The second-order valence-corrected chi connectivity index (χ2v) is 5.93. The van der Waals surface area contributed by atoms with Gasteiger partial charge in [0.1, 0.15) is 0 Å². The highest BCUT2D eigenvalue weighted by Gasteiger charge is 2.34. The van der Waals surface area contributed by atoms with Crippen LogP contribution in [0.25, 0.3) is 0 Å². The summed E-state index contributed by atoms with van der Waals surface area (Å²) in [4.78, 5) is 0. The lowest BCUT2D eigenvalue weighted by Gasteiger charge is -2.30. The molecule has 1 atom stereocenters. The third-order valence-corrected chi connectivity index (χ3v) is 3.08. The van der Waals surface area contributed by atoms with Crippen LogP contribution in [0.5, 0.6) is 0 Å². The zero-order chi connectivity index (χ0) is 11.3. The Balaban J connectivity index is 2.36. The molecule has 0 bridgehead atoms. The summed E-state index contributed by atoms with van der Waals surface area (Å²) in [6.07, 6.45) is 2.52. The van der Waals surface area contributed by atoms with E-state index in [1.54, 1.807) is 0 Å². The molecule has 1 N–H and O–H groups in total. The normalized spacial score (nSPS) is 26.8. The van der Waals surface area contributed by atoms with Gasteiger partial charge in [-0.1, -0.05) is 27.7 Å². The minimum atomic E-state index is 0.420.